The van der Waals surface area contributed by atoms with Gasteiger partial charge in [0.15, 0.2) is 6.29 Å². The van der Waals surface area contributed by atoms with Crippen molar-refractivity contribution in [2.24, 2.45) is 5.73 Å². The normalized spacial score (nSPS) is 11.1. The van der Waals surface area contributed by atoms with E-state index in [1.165, 1.54) is 7.11 Å². The summed E-state index contributed by atoms with van der Waals surface area (Å²) in [5, 5.41) is 0. The van der Waals surface area contributed by atoms with Gasteiger partial charge in [-0.1, -0.05) is 0 Å². The van der Waals surface area contributed by atoms with E-state index in [4.69, 9.17) is 5.73 Å². The SMILES string of the molecule is COc1cc(C=O)c(C(F)(F)F)c(C(N)=O)c1. The molecule has 0 aromatic heterocycles. The van der Waals surface area contributed by atoms with Gasteiger partial charge >= 0.3 is 6.18 Å². The number of amides is 1. The van der Waals surface area contributed by atoms with E-state index >= 15 is 0 Å². The Morgan fingerprint density at radius 1 is 1.41 bits per heavy atom. The first-order chi connectivity index (χ1) is 7.81. The molecule has 0 bridgehead atoms. The van der Waals surface area contributed by atoms with Crippen LogP contribution in [0.1, 0.15) is 26.3 Å². The number of nitrogens with two attached hydrogens (primary N) is 1. The number of carbonyl (C=O) groups excluding carboxylic acids is 2. The standard InChI is InChI=1S/C10H8F3NO3/c1-17-6-2-5(4-15)8(10(11,12)13)7(3-6)9(14)16/h2-4H,1H3,(H2,14,16). The Labute approximate surface area is 94.2 Å². The smallest absolute Gasteiger partial charge is 0.417 e. The first-order valence-corrected chi connectivity index (χ1v) is 4.35. The molecular weight excluding hydrogens is 239 g/mol. The van der Waals surface area contributed by atoms with Crippen molar-refractivity contribution in [1.29, 1.82) is 0 Å². The summed E-state index contributed by atoms with van der Waals surface area (Å²) >= 11 is 0. The zero-order valence-corrected chi connectivity index (χ0v) is 8.67. The van der Waals surface area contributed by atoms with Gasteiger partial charge in [-0.05, 0) is 12.1 Å². The van der Waals surface area contributed by atoms with Crippen molar-refractivity contribution in [3.63, 3.8) is 0 Å². The number of hydrogen-bond acceptors (Lipinski definition) is 3. The van der Waals surface area contributed by atoms with Crippen molar-refractivity contribution in [3.8, 4) is 5.75 Å². The maximum Gasteiger partial charge on any atom is 0.417 e. The summed E-state index contributed by atoms with van der Waals surface area (Å²) in [5.41, 5.74) is 2.02. The number of benzene rings is 1. The highest BCUT2D eigenvalue weighted by Gasteiger charge is 2.38. The number of rotatable bonds is 3. The summed E-state index contributed by atoms with van der Waals surface area (Å²) < 4.78 is 42.7. The first kappa shape index (κ1) is 13.0. The maximum atomic E-state index is 12.7. The van der Waals surface area contributed by atoms with Crippen LogP contribution in [0.3, 0.4) is 0 Å². The van der Waals surface area contributed by atoms with Crippen LogP contribution in [0.2, 0.25) is 0 Å². The first-order valence-electron chi connectivity index (χ1n) is 4.35. The second-order valence-corrected chi connectivity index (χ2v) is 3.12. The molecule has 0 aliphatic rings. The van der Waals surface area contributed by atoms with Crippen molar-refractivity contribution in [2.75, 3.05) is 7.11 Å². The second-order valence-electron chi connectivity index (χ2n) is 3.12. The Hall–Kier alpha value is -2.05. The van der Waals surface area contributed by atoms with Crippen LogP contribution in [0.4, 0.5) is 13.2 Å². The lowest BCUT2D eigenvalue weighted by Gasteiger charge is -2.14. The van der Waals surface area contributed by atoms with Gasteiger partial charge < -0.3 is 10.5 Å². The summed E-state index contributed by atoms with van der Waals surface area (Å²) in [6.07, 6.45) is -4.84. The fraction of sp³-hybridized carbons (Fsp3) is 0.200. The minimum atomic E-state index is -4.84. The lowest BCUT2D eigenvalue weighted by atomic mass is 10.00. The third-order valence-electron chi connectivity index (χ3n) is 2.05. The van der Waals surface area contributed by atoms with Crippen molar-refractivity contribution in [1.82, 2.24) is 0 Å². The van der Waals surface area contributed by atoms with Crippen LogP contribution >= 0.6 is 0 Å². The van der Waals surface area contributed by atoms with Gasteiger partial charge in [-0.25, -0.2) is 0 Å². The Bertz CT molecular complexity index is 469. The van der Waals surface area contributed by atoms with E-state index < -0.39 is 28.8 Å². The van der Waals surface area contributed by atoms with Crippen molar-refractivity contribution in [2.45, 2.75) is 6.18 Å². The quantitative estimate of drug-likeness (QED) is 0.825. The van der Waals surface area contributed by atoms with Crippen LogP contribution in [-0.2, 0) is 6.18 Å². The lowest BCUT2D eigenvalue weighted by molar-refractivity contribution is -0.138. The molecule has 0 aliphatic heterocycles. The average molecular weight is 247 g/mol. The van der Waals surface area contributed by atoms with Crippen LogP contribution in [0.25, 0.3) is 0 Å². The highest BCUT2D eigenvalue weighted by Crippen LogP contribution is 2.36. The predicted octanol–water partition coefficient (Wildman–Crippen LogP) is 1.63. The van der Waals surface area contributed by atoms with Gasteiger partial charge in [0.2, 0.25) is 5.91 Å². The maximum absolute atomic E-state index is 12.7. The van der Waals surface area contributed by atoms with Crippen LogP contribution < -0.4 is 10.5 Å². The van der Waals surface area contributed by atoms with Gasteiger partial charge in [0.1, 0.15) is 5.75 Å². The highest BCUT2D eigenvalue weighted by atomic mass is 19.4. The molecule has 0 saturated carbocycles. The van der Waals surface area contributed by atoms with Gasteiger partial charge in [0, 0.05) is 5.56 Å². The molecule has 92 valence electrons. The Kier molecular flexibility index (Phi) is 3.40. The Balaban J connectivity index is 3.64. The monoisotopic (exact) mass is 247 g/mol. The third-order valence-corrected chi connectivity index (χ3v) is 2.05. The van der Waals surface area contributed by atoms with Crippen LogP contribution in [0.5, 0.6) is 5.75 Å². The minimum absolute atomic E-state index is 0.00220. The molecular formula is C10H8F3NO3. The molecule has 1 aromatic rings. The third kappa shape index (κ3) is 2.55. The van der Waals surface area contributed by atoms with Gasteiger partial charge in [-0.2, -0.15) is 13.2 Å². The van der Waals surface area contributed by atoms with Gasteiger partial charge in [-0.15, -0.1) is 0 Å². The summed E-state index contributed by atoms with van der Waals surface area (Å²) in [6, 6.07) is 1.74. The molecule has 1 rings (SSSR count). The van der Waals surface area contributed by atoms with Crippen molar-refractivity contribution >= 4 is 12.2 Å². The Morgan fingerprint density at radius 3 is 2.35 bits per heavy atom. The molecule has 1 amide bonds. The number of aldehydes is 1. The number of primary amides is 1. The summed E-state index contributed by atoms with van der Waals surface area (Å²) in [7, 11) is 1.20. The molecule has 0 unspecified atom stereocenters. The van der Waals surface area contributed by atoms with Gasteiger partial charge in [-0.3, -0.25) is 9.59 Å². The fourth-order valence-corrected chi connectivity index (χ4v) is 1.36. The van der Waals surface area contributed by atoms with E-state index in [-0.39, 0.29) is 12.0 Å². The Morgan fingerprint density at radius 2 is 2.00 bits per heavy atom. The van der Waals surface area contributed by atoms with Crippen molar-refractivity contribution in [3.05, 3.63) is 28.8 Å². The molecule has 17 heavy (non-hydrogen) atoms. The number of alkyl halides is 3. The topological polar surface area (TPSA) is 69.4 Å². The molecule has 0 aliphatic carbocycles. The molecule has 7 heteroatoms. The number of halogens is 3. The number of hydrogen-bond donors (Lipinski definition) is 1. The van der Waals surface area contributed by atoms with Crippen molar-refractivity contribution < 1.29 is 27.5 Å². The number of carbonyl (C=O) groups is 2. The molecule has 4 nitrogen and oxygen atoms in total. The molecule has 0 radical (unpaired) electrons. The van der Waals surface area contributed by atoms with Crippen LogP contribution in [0.15, 0.2) is 12.1 Å². The lowest BCUT2D eigenvalue weighted by Crippen LogP contribution is -2.21. The van der Waals surface area contributed by atoms with E-state index in [1.54, 1.807) is 0 Å². The molecule has 0 atom stereocenters. The van der Waals surface area contributed by atoms with E-state index in [0.717, 1.165) is 12.1 Å². The average Bonchev–Trinajstić information content (AvgIpc) is 2.25. The number of ether oxygens (including phenoxy) is 1. The zero-order valence-electron chi connectivity index (χ0n) is 8.67. The fourth-order valence-electron chi connectivity index (χ4n) is 1.36. The van der Waals surface area contributed by atoms with Gasteiger partial charge in [0.05, 0.1) is 18.2 Å². The molecule has 2 N–H and O–H groups in total. The summed E-state index contributed by atoms with van der Waals surface area (Å²) in [4.78, 5) is 21.6. The number of methoxy groups -OCH3 is 1. The largest absolute Gasteiger partial charge is 0.497 e. The van der Waals surface area contributed by atoms with Gasteiger partial charge in [0.25, 0.3) is 0 Å². The molecule has 1 aromatic carbocycles. The van der Waals surface area contributed by atoms with E-state index in [9.17, 15) is 22.8 Å². The van der Waals surface area contributed by atoms with E-state index in [1.807, 2.05) is 0 Å². The molecule has 0 spiro atoms. The minimum Gasteiger partial charge on any atom is -0.497 e. The van der Waals surface area contributed by atoms with Crippen LogP contribution in [0, 0.1) is 0 Å². The van der Waals surface area contributed by atoms with Crippen LogP contribution in [-0.4, -0.2) is 19.3 Å². The molecule has 0 saturated heterocycles. The summed E-state index contributed by atoms with van der Waals surface area (Å²) in [6.45, 7) is 0. The molecule has 0 fully saturated rings. The molecule has 0 heterocycles. The zero-order chi connectivity index (χ0) is 13.2. The second kappa shape index (κ2) is 4.44. The predicted molar refractivity (Wildman–Crippen MR) is 51.9 cm³/mol. The van der Waals surface area contributed by atoms with E-state index in [0.29, 0.717) is 0 Å². The van der Waals surface area contributed by atoms with E-state index in [2.05, 4.69) is 4.74 Å². The summed E-state index contributed by atoms with van der Waals surface area (Å²) in [5.74, 6) is -1.33. The highest BCUT2D eigenvalue weighted by molar-refractivity contribution is 5.97.